The molecule has 1 aromatic rings. The van der Waals surface area contributed by atoms with Crippen molar-refractivity contribution in [1.29, 1.82) is 0 Å². The fraction of sp³-hybridized carbons (Fsp3) is 0.600. The largest absolute Gasteiger partial charge is 0.394 e. The van der Waals surface area contributed by atoms with E-state index < -0.39 is 0 Å². The highest BCUT2D eigenvalue weighted by Crippen LogP contribution is 2.49. The first-order valence-electron chi connectivity index (χ1n) is 6.93. The van der Waals surface area contributed by atoms with Crippen LogP contribution in [0.15, 0.2) is 18.3 Å². The summed E-state index contributed by atoms with van der Waals surface area (Å²) < 4.78 is 0. The second kappa shape index (κ2) is 4.30. The Morgan fingerprint density at radius 1 is 1.58 bits per heavy atom. The molecule has 0 saturated carbocycles. The predicted molar refractivity (Wildman–Crippen MR) is 71.8 cm³/mol. The summed E-state index contributed by atoms with van der Waals surface area (Å²) in [4.78, 5) is 18.8. The molecule has 1 aromatic heterocycles. The lowest BCUT2D eigenvalue weighted by Crippen LogP contribution is -2.73. The summed E-state index contributed by atoms with van der Waals surface area (Å²) in [5.74, 6) is 0.565. The van der Waals surface area contributed by atoms with Gasteiger partial charge in [-0.3, -0.25) is 9.78 Å². The quantitative estimate of drug-likeness (QED) is 0.881. The van der Waals surface area contributed by atoms with Gasteiger partial charge in [0.05, 0.1) is 12.1 Å². The molecule has 3 unspecified atom stereocenters. The van der Waals surface area contributed by atoms with Gasteiger partial charge in [0.15, 0.2) is 0 Å². The Kier molecular flexibility index (Phi) is 2.86. The monoisotopic (exact) mass is 260 g/mol. The van der Waals surface area contributed by atoms with Gasteiger partial charge < -0.3 is 10.0 Å². The van der Waals surface area contributed by atoms with Crippen LogP contribution in [0, 0.1) is 12.8 Å². The molecule has 3 atom stereocenters. The highest BCUT2D eigenvalue weighted by molar-refractivity contribution is 5.95. The SMILES string of the molecule is Cc1cccnc1C(=O)N1C2CC(C)CC1(CO)C2. The van der Waals surface area contributed by atoms with Crippen LogP contribution in [-0.4, -0.2) is 39.1 Å². The lowest BCUT2D eigenvalue weighted by molar-refractivity contribution is -0.123. The number of aliphatic hydroxyl groups is 1. The molecule has 2 fully saturated rings. The normalized spacial score (nSPS) is 32.9. The van der Waals surface area contributed by atoms with Gasteiger partial charge in [-0.15, -0.1) is 0 Å². The molecule has 0 aliphatic carbocycles. The molecule has 2 aliphatic rings. The first-order valence-corrected chi connectivity index (χ1v) is 6.93. The standard InChI is InChI=1S/C15H20N2O2/c1-10-6-12-8-15(7-10,9-18)17(12)14(19)13-11(2)4-3-5-16-13/h3-5,10,12,18H,6-9H2,1-2H3. The van der Waals surface area contributed by atoms with Crippen molar-refractivity contribution in [2.24, 2.45) is 5.92 Å². The van der Waals surface area contributed by atoms with Crippen molar-refractivity contribution in [2.75, 3.05) is 6.61 Å². The van der Waals surface area contributed by atoms with Crippen LogP contribution in [0.4, 0.5) is 0 Å². The molecule has 2 saturated heterocycles. The Morgan fingerprint density at radius 3 is 3.05 bits per heavy atom. The minimum absolute atomic E-state index is 0.0182. The molecule has 2 aliphatic heterocycles. The van der Waals surface area contributed by atoms with Crippen molar-refractivity contribution >= 4 is 5.91 Å². The third kappa shape index (κ3) is 1.77. The smallest absolute Gasteiger partial charge is 0.273 e. The molecular weight excluding hydrogens is 240 g/mol. The molecule has 0 aromatic carbocycles. The van der Waals surface area contributed by atoms with E-state index in [2.05, 4.69) is 11.9 Å². The zero-order valence-electron chi connectivity index (χ0n) is 11.5. The van der Waals surface area contributed by atoms with Crippen LogP contribution in [0.5, 0.6) is 0 Å². The van der Waals surface area contributed by atoms with Crippen molar-refractivity contribution in [3.63, 3.8) is 0 Å². The number of nitrogens with zero attached hydrogens (tertiary/aromatic N) is 2. The number of fused-ring (bicyclic) bond motifs is 2. The highest BCUT2D eigenvalue weighted by atomic mass is 16.3. The number of aryl methyl sites for hydroxylation is 1. The zero-order chi connectivity index (χ0) is 13.6. The molecule has 0 radical (unpaired) electrons. The Hall–Kier alpha value is -1.42. The first-order chi connectivity index (χ1) is 9.07. The summed E-state index contributed by atoms with van der Waals surface area (Å²) in [5.41, 5.74) is 1.10. The maximum absolute atomic E-state index is 12.7. The van der Waals surface area contributed by atoms with Crippen molar-refractivity contribution in [1.82, 2.24) is 9.88 Å². The minimum Gasteiger partial charge on any atom is -0.394 e. The maximum atomic E-state index is 12.7. The molecule has 3 heterocycles. The molecular formula is C15H20N2O2. The van der Waals surface area contributed by atoms with Crippen molar-refractivity contribution in [3.8, 4) is 0 Å². The van der Waals surface area contributed by atoms with Crippen LogP contribution in [0.25, 0.3) is 0 Å². The second-order valence-corrected chi connectivity index (χ2v) is 6.13. The van der Waals surface area contributed by atoms with Crippen LogP contribution in [0.1, 0.15) is 42.2 Å². The van der Waals surface area contributed by atoms with E-state index in [1.54, 1.807) is 6.20 Å². The van der Waals surface area contributed by atoms with E-state index in [4.69, 9.17) is 0 Å². The van der Waals surface area contributed by atoms with Crippen LogP contribution in [-0.2, 0) is 0 Å². The number of pyridine rings is 1. The molecule has 3 rings (SSSR count). The van der Waals surface area contributed by atoms with E-state index in [-0.39, 0.29) is 24.1 Å². The number of piperidine rings is 1. The lowest BCUT2D eigenvalue weighted by Gasteiger charge is -2.63. The second-order valence-electron chi connectivity index (χ2n) is 6.13. The Bertz CT molecular complexity index is 517. The fourth-order valence-electron chi connectivity index (χ4n) is 3.88. The van der Waals surface area contributed by atoms with Crippen molar-refractivity contribution in [3.05, 3.63) is 29.6 Å². The lowest BCUT2D eigenvalue weighted by atomic mass is 9.64. The molecule has 1 amide bonds. The van der Waals surface area contributed by atoms with Gasteiger partial charge in [-0.1, -0.05) is 13.0 Å². The Labute approximate surface area is 113 Å². The third-order valence-corrected chi connectivity index (χ3v) is 4.62. The summed E-state index contributed by atoms with van der Waals surface area (Å²) in [6.45, 7) is 4.17. The average Bonchev–Trinajstić information content (AvgIpc) is 2.38. The van der Waals surface area contributed by atoms with Gasteiger partial charge >= 0.3 is 0 Å². The van der Waals surface area contributed by atoms with Crippen molar-refractivity contribution in [2.45, 2.75) is 44.7 Å². The van der Waals surface area contributed by atoms with E-state index in [0.29, 0.717) is 11.6 Å². The van der Waals surface area contributed by atoms with Gasteiger partial charge in [0.2, 0.25) is 0 Å². The summed E-state index contributed by atoms with van der Waals surface area (Å²) in [6.07, 6.45) is 4.53. The number of hydrogen-bond acceptors (Lipinski definition) is 3. The van der Waals surface area contributed by atoms with Gasteiger partial charge in [-0.2, -0.15) is 0 Å². The summed E-state index contributed by atoms with van der Waals surface area (Å²) >= 11 is 0. The molecule has 0 spiro atoms. The maximum Gasteiger partial charge on any atom is 0.273 e. The number of amides is 1. The van der Waals surface area contributed by atoms with Gasteiger partial charge in [0.1, 0.15) is 5.69 Å². The summed E-state index contributed by atoms with van der Waals surface area (Å²) in [6, 6.07) is 4.03. The van der Waals surface area contributed by atoms with E-state index in [1.807, 2.05) is 24.0 Å². The number of aromatic nitrogens is 1. The van der Waals surface area contributed by atoms with Gasteiger partial charge in [0.25, 0.3) is 5.91 Å². The number of carbonyl (C=O) groups is 1. The van der Waals surface area contributed by atoms with Crippen LogP contribution < -0.4 is 0 Å². The van der Waals surface area contributed by atoms with Crippen LogP contribution in [0.3, 0.4) is 0 Å². The molecule has 4 heteroatoms. The molecule has 19 heavy (non-hydrogen) atoms. The number of carbonyl (C=O) groups excluding carboxylic acids is 1. The molecule has 1 N–H and O–H groups in total. The van der Waals surface area contributed by atoms with E-state index in [0.717, 1.165) is 24.8 Å². The van der Waals surface area contributed by atoms with E-state index in [1.165, 1.54) is 0 Å². The number of rotatable bonds is 2. The van der Waals surface area contributed by atoms with Crippen LogP contribution in [0.2, 0.25) is 0 Å². The van der Waals surface area contributed by atoms with Gasteiger partial charge in [0, 0.05) is 12.2 Å². The highest BCUT2D eigenvalue weighted by Gasteiger charge is 2.58. The van der Waals surface area contributed by atoms with E-state index in [9.17, 15) is 9.90 Å². The molecule has 4 nitrogen and oxygen atoms in total. The number of aliphatic hydroxyl groups excluding tert-OH is 1. The zero-order valence-corrected chi connectivity index (χ0v) is 11.5. The predicted octanol–water partition coefficient (Wildman–Crippen LogP) is 1.77. The Morgan fingerprint density at radius 2 is 2.37 bits per heavy atom. The van der Waals surface area contributed by atoms with Gasteiger partial charge in [-0.25, -0.2) is 0 Å². The first kappa shape index (κ1) is 12.6. The van der Waals surface area contributed by atoms with Crippen LogP contribution >= 0.6 is 0 Å². The van der Waals surface area contributed by atoms with Gasteiger partial charge in [-0.05, 0) is 43.7 Å². The Balaban J connectivity index is 1.91. The van der Waals surface area contributed by atoms with E-state index >= 15 is 0 Å². The molecule has 102 valence electrons. The fourth-order valence-corrected chi connectivity index (χ4v) is 3.88. The van der Waals surface area contributed by atoms with Crippen molar-refractivity contribution < 1.29 is 9.90 Å². The summed E-state index contributed by atoms with van der Waals surface area (Å²) in [5, 5.41) is 9.73. The number of hydrogen-bond donors (Lipinski definition) is 1. The third-order valence-electron chi connectivity index (χ3n) is 4.62. The topological polar surface area (TPSA) is 53.4 Å². The minimum atomic E-state index is -0.330. The average molecular weight is 260 g/mol. The summed E-state index contributed by atoms with van der Waals surface area (Å²) in [7, 11) is 0. The molecule has 2 bridgehead atoms.